The van der Waals surface area contributed by atoms with Gasteiger partial charge in [-0.1, -0.05) is 19.9 Å². The minimum atomic E-state index is -0.550. The number of ether oxygens (including phenoxy) is 1. The van der Waals surface area contributed by atoms with E-state index in [1.807, 2.05) is 13.0 Å². The van der Waals surface area contributed by atoms with Crippen LogP contribution in [0.25, 0.3) is 0 Å². The number of hydrogen-bond donors (Lipinski definition) is 2. The van der Waals surface area contributed by atoms with Gasteiger partial charge in [-0.05, 0) is 30.9 Å². The van der Waals surface area contributed by atoms with Crippen LogP contribution in [-0.4, -0.2) is 91.5 Å². The van der Waals surface area contributed by atoms with Crippen molar-refractivity contribution in [3.8, 4) is 0 Å². The molecule has 3 aliphatic rings. The van der Waals surface area contributed by atoms with E-state index in [1.165, 1.54) is 0 Å². The summed E-state index contributed by atoms with van der Waals surface area (Å²) in [7, 11) is 0. The molecule has 2 saturated heterocycles. The number of morpholine rings is 1. The van der Waals surface area contributed by atoms with Crippen molar-refractivity contribution in [3.05, 3.63) is 35.1 Å². The van der Waals surface area contributed by atoms with Crippen molar-refractivity contribution in [1.29, 1.82) is 0 Å². The third-order valence-corrected chi connectivity index (χ3v) is 6.44. The van der Waals surface area contributed by atoms with Crippen molar-refractivity contribution in [1.82, 2.24) is 15.1 Å². The summed E-state index contributed by atoms with van der Waals surface area (Å²) in [4.78, 5) is 34.8. The lowest BCUT2D eigenvalue weighted by Gasteiger charge is -2.27. The average Bonchev–Trinajstić information content (AvgIpc) is 2.99. The fourth-order valence-corrected chi connectivity index (χ4v) is 4.90. The fourth-order valence-electron chi connectivity index (χ4n) is 4.90. The van der Waals surface area contributed by atoms with Crippen molar-refractivity contribution < 1.29 is 19.4 Å². The zero-order valence-corrected chi connectivity index (χ0v) is 19.5. The van der Waals surface area contributed by atoms with Crippen LogP contribution in [0.2, 0.25) is 0 Å². The number of aliphatic imine (C=N–C) groups is 1. The molecule has 0 spiro atoms. The quantitative estimate of drug-likeness (QED) is 0.462. The van der Waals surface area contributed by atoms with E-state index in [-0.39, 0.29) is 29.3 Å². The smallest absolute Gasteiger partial charge is 0.263 e. The summed E-state index contributed by atoms with van der Waals surface area (Å²) in [6.45, 7) is 14.5. The summed E-state index contributed by atoms with van der Waals surface area (Å²) in [5, 5.41) is 13.5. The third kappa shape index (κ3) is 5.30. The summed E-state index contributed by atoms with van der Waals surface area (Å²) >= 11 is 0. The van der Waals surface area contributed by atoms with Gasteiger partial charge in [0.1, 0.15) is 11.3 Å². The number of amides is 2. The molecule has 3 rings (SSSR count). The van der Waals surface area contributed by atoms with Crippen LogP contribution in [0.3, 0.4) is 0 Å². The number of fused-ring (bicyclic) bond motifs is 2. The highest BCUT2D eigenvalue weighted by Crippen LogP contribution is 2.42. The standard InChI is InChI=1S/C24H36N4O4/c1-5-6-7-18-14-25-15-19(29)20(22(30)26-8-9-27-10-12-32-13-11-27)23(31)28-16-24(3,4)21(18)17(28)2/h5,14,17,29H,1,6-13,15-16H2,2-4H3,(H,26,30)/b20-19+,21-18+,25-14?. The maximum atomic E-state index is 13.5. The SMILES string of the molecule is C=CCC/C1=C2/C(C)N(CC2(C)C)C(=O)/C(C(=O)NCCN2CCOCC2)=C(/O)CN=C1. The van der Waals surface area contributed by atoms with Crippen LogP contribution in [0.1, 0.15) is 33.6 Å². The number of nitrogens with zero attached hydrogens (tertiary/aromatic N) is 3. The predicted octanol–water partition coefficient (Wildman–Crippen LogP) is 1.85. The van der Waals surface area contributed by atoms with E-state index in [2.05, 4.69) is 35.6 Å². The molecule has 2 fully saturated rings. The Balaban J connectivity index is 1.83. The van der Waals surface area contributed by atoms with E-state index in [0.29, 0.717) is 32.8 Å². The number of aliphatic hydroxyl groups excluding tert-OH is 1. The molecular weight excluding hydrogens is 408 g/mol. The Morgan fingerprint density at radius 3 is 2.81 bits per heavy atom. The maximum absolute atomic E-state index is 13.5. The van der Waals surface area contributed by atoms with Gasteiger partial charge in [-0.15, -0.1) is 6.58 Å². The molecule has 2 bridgehead atoms. The molecule has 0 aromatic heterocycles. The number of aliphatic hydroxyl groups is 1. The Labute approximate surface area is 190 Å². The van der Waals surface area contributed by atoms with Crippen molar-refractivity contribution in [3.63, 3.8) is 0 Å². The Bertz CT molecular complexity index is 837. The average molecular weight is 445 g/mol. The Hall–Kier alpha value is -2.45. The molecule has 0 aromatic rings. The zero-order valence-electron chi connectivity index (χ0n) is 19.5. The topological polar surface area (TPSA) is 94.5 Å². The highest BCUT2D eigenvalue weighted by atomic mass is 16.5. The lowest BCUT2D eigenvalue weighted by atomic mass is 9.81. The summed E-state index contributed by atoms with van der Waals surface area (Å²) in [6.07, 6.45) is 5.24. The van der Waals surface area contributed by atoms with Crippen LogP contribution in [-0.2, 0) is 14.3 Å². The molecule has 0 radical (unpaired) electrons. The van der Waals surface area contributed by atoms with Gasteiger partial charge in [-0.25, -0.2) is 0 Å². The van der Waals surface area contributed by atoms with Crippen molar-refractivity contribution in [2.45, 2.75) is 39.7 Å². The first kappa shape index (κ1) is 24.2. The van der Waals surface area contributed by atoms with Crippen LogP contribution in [0.15, 0.2) is 40.1 Å². The second-order valence-electron chi connectivity index (χ2n) is 9.26. The molecule has 2 N–H and O–H groups in total. The molecule has 0 aromatic carbocycles. The van der Waals surface area contributed by atoms with Crippen molar-refractivity contribution in [2.24, 2.45) is 10.4 Å². The first-order valence-corrected chi connectivity index (χ1v) is 11.4. The van der Waals surface area contributed by atoms with Crippen LogP contribution in [0.5, 0.6) is 0 Å². The van der Waals surface area contributed by atoms with E-state index >= 15 is 0 Å². The van der Waals surface area contributed by atoms with E-state index in [4.69, 9.17) is 4.74 Å². The highest BCUT2D eigenvalue weighted by molar-refractivity contribution is 6.19. The van der Waals surface area contributed by atoms with Gasteiger partial charge < -0.3 is 20.1 Å². The van der Waals surface area contributed by atoms with Crippen LogP contribution in [0, 0.1) is 5.41 Å². The summed E-state index contributed by atoms with van der Waals surface area (Å²) in [5.41, 5.74) is 1.77. The summed E-state index contributed by atoms with van der Waals surface area (Å²) in [6, 6.07) is -0.189. The van der Waals surface area contributed by atoms with Crippen LogP contribution >= 0.6 is 0 Å². The number of rotatable bonds is 7. The maximum Gasteiger partial charge on any atom is 0.263 e. The summed E-state index contributed by atoms with van der Waals surface area (Å²) < 4.78 is 5.34. The molecule has 8 nitrogen and oxygen atoms in total. The number of nitrogens with one attached hydrogen (secondary N) is 1. The lowest BCUT2D eigenvalue weighted by molar-refractivity contribution is -0.131. The second-order valence-corrected chi connectivity index (χ2v) is 9.26. The molecule has 3 heterocycles. The molecule has 32 heavy (non-hydrogen) atoms. The van der Waals surface area contributed by atoms with Gasteiger partial charge >= 0.3 is 0 Å². The molecule has 3 aliphatic heterocycles. The van der Waals surface area contributed by atoms with Gasteiger partial charge in [0.2, 0.25) is 0 Å². The zero-order chi connectivity index (χ0) is 23.3. The van der Waals surface area contributed by atoms with Gasteiger partial charge in [0.15, 0.2) is 0 Å². The largest absolute Gasteiger partial charge is 0.509 e. The van der Waals surface area contributed by atoms with Gasteiger partial charge in [0, 0.05) is 44.4 Å². The van der Waals surface area contributed by atoms with Gasteiger partial charge in [0.25, 0.3) is 11.8 Å². The molecule has 1 unspecified atom stereocenters. The number of allylic oxidation sites excluding steroid dienone is 2. The first-order chi connectivity index (χ1) is 15.3. The number of carbonyl (C=O) groups excluding carboxylic acids is 2. The lowest BCUT2D eigenvalue weighted by Crippen LogP contribution is -2.44. The van der Waals surface area contributed by atoms with Crippen LogP contribution in [0.4, 0.5) is 0 Å². The molecule has 0 aliphatic carbocycles. The number of hydrogen-bond acceptors (Lipinski definition) is 6. The Morgan fingerprint density at radius 1 is 1.41 bits per heavy atom. The van der Waals surface area contributed by atoms with Gasteiger partial charge in [-0.2, -0.15) is 0 Å². The Kier molecular flexibility index (Phi) is 7.90. The normalized spacial score (nSPS) is 28.7. The first-order valence-electron chi connectivity index (χ1n) is 11.4. The van der Waals surface area contributed by atoms with E-state index in [9.17, 15) is 14.7 Å². The third-order valence-electron chi connectivity index (χ3n) is 6.44. The minimum Gasteiger partial charge on any atom is -0.509 e. The summed E-state index contributed by atoms with van der Waals surface area (Å²) in [5.74, 6) is -1.29. The molecule has 8 heteroatoms. The Morgan fingerprint density at radius 2 is 2.12 bits per heavy atom. The number of carbonyl (C=O) groups is 2. The molecule has 2 amide bonds. The minimum absolute atomic E-state index is 0.106. The van der Waals surface area contributed by atoms with Crippen LogP contribution < -0.4 is 5.32 Å². The molecule has 1 atom stereocenters. The van der Waals surface area contributed by atoms with Crippen molar-refractivity contribution >= 4 is 18.0 Å². The predicted molar refractivity (Wildman–Crippen MR) is 125 cm³/mol. The van der Waals surface area contributed by atoms with E-state index in [0.717, 1.165) is 37.1 Å². The van der Waals surface area contributed by atoms with Gasteiger partial charge in [0.05, 0.1) is 25.8 Å². The van der Waals surface area contributed by atoms with Gasteiger partial charge in [-0.3, -0.25) is 19.5 Å². The van der Waals surface area contributed by atoms with Crippen molar-refractivity contribution in [2.75, 3.05) is 52.5 Å². The fraction of sp³-hybridized carbons (Fsp3) is 0.625. The van der Waals surface area contributed by atoms with E-state index in [1.54, 1.807) is 11.1 Å². The molecular formula is C24H36N4O4. The van der Waals surface area contributed by atoms with E-state index < -0.39 is 11.8 Å². The molecule has 176 valence electrons. The monoisotopic (exact) mass is 444 g/mol. The second kappa shape index (κ2) is 10.4. The highest BCUT2D eigenvalue weighted by Gasteiger charge is 2.45. The molecule has 0 saturated carbocycles.